The van der Waals surface area contributed by atoms with E-state index < -0.39 is 17.5 Å². The van der Waals surface area contributed by atoms with Gasteiger partial charge in [0, 0.05) is 5.56 Å². The van der Waals surface area contributed by atoms with Gasteiger partial charge in [0.1, 0.15) is 0 Å². The number of allylic oxidation sites excluding steroid dienone is 2. The Bertz CT molecular complexity index is 547. The van der Waals surface area contributed by atoms with E-state index in [9.17, 15) is 13.2 Å². The van der Waals surface area contributed by atoms with E-state index in [1.54, 1.807) is 6.08 Å². The molecule has 0 saturated heterocycles. The molecule has 0 amide bonds. The number of rotatable bonds is 2. The van der Waals surface area contributed by atoms with Crippen molar-refractivity contribution >= 4 is 0 Å². The van der Waals surface area contributed by atoms with E-state index in [4.69, 9.17) is 0 Å². The van der Waals surface area contributed by atoms with Gasteiger partial charge in [-0.2, -0.15) is 0 Å². The van der Waals surface area contributed by atoms with Crippen LogP contribution in [-0.4, -0.2) is 0 Å². The second-order valence-electron chi connectivity index (χ2n) is 5.57. The molecule has 0 heterocycles. The Labute approximate surface area is 124 Å². The maximum atomic E-state index is 13.0. The lowest BCUT2D eigenvalue weighted by atomic mass is 9.81. The predicted octanol–water partition coefficient (Wildman–Crippen LogP) is 5.23. The molecule has 0 aliphatic heterocycles. The van der Waals surface area contributed by atoms with Gasteiger partial charge in [-0.05, 0) is 55.7 Å². The third-order valence-electron chi connectivity index (χ3n) is 4.12. The summed E-state index contributed by atoms with van der Waals surface area (Å²) in [6.07, 6.45) is 9.91. The van der Waals surface area contributed by atoms with Crippen molar-refractivity contribution in [1.29, 1.82) is 0 Å². The summed E-state index contributed by atoms with van der Waals surface area (Å²) in [5.74, 6) is 2.92. The fourth-order valence-electron chi connectivity index (χ4n) is 2.73. The van der Waals surface area contributed by atoms with E-state index in [0.717, 1.165) is 18.1 Å². The van der Waals surface area contributed by atoms with Gasteiger partial charge >= 0.3 is 0 Å². The quantitative estimate of drug-likeness (QED) is 0.517. The Morgan fingerprint density at radius 2 is 1.71 bits per heavy atom. The molecule has 21 heavy (non-hydrogen) atoms. The molecule has 0 unspecified atom stereocenters. The first-order chi connectivity index (χ1) is 10.1. The van der Waals surface area contributed by atoms with Crippen LogP contribution in [0.15, 0.2) is 24.3 Å². The molecule has 1 fully saturated rings. The van der Waals surface area contributed by atoms with Gasteiger partial charge in [-0.3, -0.25) is 0 Å². The topological polar surface area (TPSA) is 0 Å². The monoisotopic (exact) mass is 292 g/mol. The highest BCUT2D eigenvalue weighted by Crippen LogP contribution is 2.31. The predicted molar refractivity (Wildman–Crippen MR) is 78.1 cm³/mol. The lowest BCUT2D eigenvalue weighted by molar-refractivity contribution is 0.304. The Balaban J connectivity index is 1.93. The molecule has 0 aromatic heterocycles. The summed E-state index contributed by atoms with van der Waals surface area (Å²) in [5, 5.41) is 0. The number of hydrogen-bond acceptors (Lipinski definition) is 0. The molecule has 3 heteroatoms. The molecule has 0 spiro atoms. The lowest BCUT2D eigenvalue weighted by Crippen LogP contribution is -2.11. The molecule has 2 rings (SSSR count). The maximum Gasteiger partial charge on any atom is 0.194 e. The van der Waals surface area contributed by atoms with Crippen LogP contribution < -0.4 is 0 Å². The van der Waals surface area contributed by atoms with E-state index in [2.05, 4.69) is 24.8 Å². The van der Waals surface area contributed by atoms with Gasteiger partial charge in [0.2, 0.25) is 0 Å². The standard InChI is InChI=1S/C18H19F3/c1-2-13-7-9-14(10-8-13)5-3-4-6-15-11-16(19)18(21)17(20)12-15/h3,5,11-14H,2,7-10H2,1H3/b5-3+. The van der Waals surface area contributed by atoms with Crippen LogP contribution in [0.2, 0.25) is 0 Å². The first-order valence-corrected chi connectivity index (χ1v) is 7.43. The molecule has 0 nitrogen and oxygen atoms in total. The summed E-state index contributed by atoms with van der Waals surface area (Å²) >= 11 is 0. The first kappa shape index (κ1) is 15.7. The van der Waals surface area contributed by atoms with Crippen LogP contribution in [0.3, 0.4) is 0 Å². The largest absolute Gasteiger partial charge is 0.204 e. The Morgan fingerprint density at radius 1 is 1.10 bits per heavy atom. The molecule has 1 aliphatic rings. The summed E-state index contributed by atoms with van der Waals surface area (Å²) < 4.78 is 38.8. The van der Waals surface area contributed by atoms with Gasteiger partial charge in [0.05, 0.1) is 0 Å². The van der Waals surface area contributed by atoms with Gasteiger partial charge in [-0.25, -0.2) is 13.2 Å². The highest BCUT2D eigenvalue weighted by molar-refractivity contribution is 5.37. The van der Waals surface area contributed by atoms with Crippen molar-refractivity contribution in [3.8, 4) is 11.8 Å². The minimum Gasteiger partial charge on any atom is -0.204 e. The number of hydrogen-bond donors (Lipinski definition) is 0. The highest BCUT2D eigenvalue weighted by atomic mass is 19.2. The molecule has 1 aromatic carbocycles. The zero-order chi connectivity index (χ0) is 15.2. The fourth-order valence-corrected chi connectivity index (χ4v) is 2.73. The van der Waals surface area contributed by atoms with Crippen LogP contribution in [0.5, 0.6) is 0 Å². The third kappa shape index (κ3) is 4.39. The summed E-state index contributed by atoms with van der Waals surface area (Å²) in [7, 11) is 0. The van der Waals surface area contributed by atoms with E-state index in [-0.39, 0.29) is 5.56 Å². The minimum absolute atomic E-state index is 0.144. The molecule has 112 valence electrons. The molecule has 1 aliphatic carbocycles. The average Bonchev–Trinajstić information content (AvgIpc) is 2.49. The Hall–Kier alpha value is -1.69. The van der Waals surface area contributed by atoms with Crippen LogP contribution in [0, 0.1) is 41.1 Å². The van der Waals surface area contributed by atoms with E-state index in [1.807, 2.05) is 0 Å². The molecular weight excluding hydrogens is 273 g/mol. The van der Waals surface area contributed by atoms with Crippen LogP contribution in [0.1, 0.15) is 44.6 Å². The van der Waals surface area contributed by atoms with E-state index in [1.165, 1.54) is 32.1 Å². The molecule has 0 N–H and O–H groups in total. The zero-order valence-electron chi connectivity index (χ0n) is 12.1. The van der Waals surface area contributed by atoms with Crippen molar-refractivity contribution in [3.05, 3.63) is 47.3 Å². The van der Waals surface area contributed by atoms with Crippen LogP contribution in [0.4, 0.5) is 13.2 Å². The van der Waals surface area contributed by atoms with Gasteiger partial charge in [-0.15, -0.1) is 0 Å². The van der Waals surface area contributed by atoms with Crippen LogP contribution in [-0.2, 0) is 0 Å². The number of benzene rings is 1. The minimum atomic E-state index is -1.45. The lowest BCUT2D eigenvalue weighted by Gasteiger charge is -2.25. The van der Waals surface area contributed by atoms with Gasteiger partial charge in [0.25, 0.3) is 0 Å². The highest BCUT2D eigenvalue weighted by Gasteiger charge is 2.17. The molecule has 1 saturated carbocycles. The van der Waals surface area contributed by atoms with Crippen LogP contribution in [0.25, 0.3) is 0 Å². The molecular formula is C18H19F3. The SMILES string of the molecule is CCC1CCC(/C=C/C#Cc2cc(F)c(F)c(F)c2)CC1. The third-order valence-corrected chi connectivity index (χ3v) is 4.12. The second-order valence-corrected chi connectivity index (χ2v) is 5.57. The molecule has 0 bridgehead atoms. The molecule has 0 radical (unpaired) electrons. The van der Waals surface area contributed by atoms with Crippen molar-refractivity contribution < 1.29 is 13.2 Å². The second kappa shape index (κ2) is 7.36. The Morgan fingerprint density at radius 3 is 2.29 bits per heavy atom. The number of halogens is 3. The Kier molecular flexibility index (Phi) is 5.50. The zero-order valence-corrected chi connectivity index (χ0v) is 12.1. The van der Waals surface area contributed by atoms with Crippen molar-refractivity contribution in [1.82, 2.24) is 0 Å². The summed E-state index contributed by atoms with van der Waals surface area (Å²) in [6, 6.07) is 1.82. The fraction of sp³-hybridized carbons (Fsp3) is 0.444. The van der Waals surface area contributed by atoms with Crippen molar-refractivity contribution in [2.45, 2.75) is 39.0 Å². The first-order valence-electron chi connectivity index (χ1n) is 7.43. The summed E-state index contributed by atoms with van der Waals surface area (Å²) in [6.45, 7) is 2.23. The van der Waals surface area contributed by atoms with Crippen molar-refractivity contribution in [2.75, 3.05) is 0 Å². The van der Waals surface area contributed by atoms with Gasteiger partial charge in [0.15, 0.2) is 17.5 Å². The summed E-state index contributed by atoms with van der Waals surface area (Å²) in [4.78, 5) is 0. The average molecular weight is 292 g/mol. The van der Waals surface area contributed by atoms with Crippen LogP contribution >= 0.6 is 0 Å². The van der Waals surface area contributed by atoms with Gasteiger partial charge < -0.3 is 0 Å². The maximum absolute atomic E-state index is 13.0. The van der Waals surface area contributed by atoms with Crippen molar-refractivity contribution in [3.63, 3.8) is 0 Å². The normalized spacial score (nSPS) is 22.1. The molecule has 1 aromatic rings. The molecule has 0 atom stereocenters. The van der Waals surface area contributed by atoms with Gasteiger partial charge in [-0.1, -0.05) is 31.3 Å². The summed E-state index contributed by atoms with van der Waals surface area (Å²) in [5.41, 5.74) is 0.144. The smallest absolute Gasteiger partial charge is 0.194 e. The van der Waals surface area contributed by atoms with E-state index >= 15 is 0 Å². The van der Waals surface area contributed by atoms with Crippen molar-refractivity contribution in [2.24, 2.45) is 11.8 Å². The van der Waals surface area contributed by atoms with E-state index in [0.29, 0.717) is 5.92 Å².